The number of nitrogens with zero attached hydrogens (tertiary/aromatic N) is 1. The van der Waals surface area contributed by atoms with E-state index >= 15 is 0 Å². The fraction of sp³-hybridized carbons (Fsp3) is 0.769. The third-order valence-corrected chi connectivity index (χ3v) is 9.00. The molecule has 5 atom stereocenters. The molecule has 1 amide bonds. The van der Waals surface area contributed by atoms with Crippen molar-refractivity contribution in [3.8, 4) is 0 Å². The van der Waals surface area contributed by atoms with Crippen molar-refractivity contribution in [1.29, 1.82) is 0 Å². The maximum Gasteiger partial charge on any atom is 0.331 e. The van der Waals surface area contributed by atoms with Gasteiger partial charge in [-0.05, 0) is 114 Å². The van der Waals surface area contributed by atoms with Crippen molar-refractivity contribution in [3.05, 3.63) is 22.8 Å². The van der Waals surface area contributed by atoms with E-state index in [1.54, 1.807) is 5.57 Å². The molecule has 4 rings (SSSR count). The van der Waals surface area contributed by atoms with E-state index in [0.29, 0.717) is 35.7 Å². The molecule has 0 aromatic carbocycles. The molecule has 0 aromatic rings. The van der Waals surface area contributed by atoms with Crippen LogP contribution in [-0.2, 0) is 9.59 Å². The molecule has 0 spiro atoms. The SMILES string of the molecule is CC(C)N(C(=O)[C@H]1CC[C@H]2[C@@H]3CCC4=C(CCC(C(=O)O)=C4)[C@H]3CC[C@]12C)C(C)C. The number of carboxylic acids is 1. The summed E-state index contributed by atoms with van der Waals surface area (Å²) < 4.78 is 0. The summed E-state index contributed by atoms with van der Waals surface area (Å²) in [5.41, 5.74) is 3.58. The maximum atomic E-state index is 13.6. The number of amides is 1. The molecule has 30 heavy (non-hydrogen) atoms. The monoisotopic (exact) mass is 413 g/mol. The molecule has 1 N–H and O–H groups in total. The Morgan fingerprint density at radius 1 is 1.03 bits per heavy atom. The van der Waals surface area contributed by atoms with E-state index in [4.69, 9.17) is 0 Å². The first-order valence-corrected chi connectivity index (χ1v) is 12.1. The summed E-state index contributed by atoms with van der Waals surface area (Å²) in [5, 5.41) is 9.40. The molecule has 0 aromatic heterocycles. The smallest absolute Gasteiger partial charge is 0.331 e. The molecule has 2 fully saturated rings. The van der Waals surface area contributed by atoms with Gasteiger partial charge in [-0.15, -0.1) is 0 Å². The van der Waals surface area contributed by atoms with Crippen LogP contribution in [0.2, 0.25) is 0 Å². The van der Waals surface area contributed by atoms with Gasteiger partial charge in [-0.2, -0.15) is 0 Å². The molecule has 4 aliphatic carbocycles. The number of allylic oxidation sites excluding steroid dienone is 3. The predicted molar refractivity (Wildman–Crippen MR) is 119 cm³/mol. The van der Waals surface area contributed by atoms with Gasteiger partial charge >= 0.3 is 5.97 Å². The van der Waals surface area contributed by atoms with Crippen molar-refractivity contribution < 1.29 is 14.7 Å². The molecule has 166 valence electrons. The van der Waals surface area contributed by atoms with Crippen molar-refractivity contribution in [2.45, 2.75) is 98.1 Å². The van der Waals surface area contributed by atoms with Gasteiger partial charge in [0.05, 0.1) is 0 Å². The van der Waals surface area contributed by atoms with Crippen LogP contribution in [0, 0.1) is 29.1 Å². The normalized spacial score (nSPS) is 35.6. The van der Waals surface area contributed by atoms with Crippen molar-refractivity contribution in [3.63, 3.8) is 0 Å². The highest BCUT2D eigenvalue weighted by Crippen LogP contribution is 2.63. The lowest BCUT2D eigenvalue weighted by atomic mass is 9.53. The number of aliphatic carboxylic acids is 1. The predicted octanol–water partition coefficient (Wildman–Crippen LogP) is 5.59. The quantitative estimate of drug-likeness (QED) is 0.654. The molecule has 4 heteroatoms. The van der Waals surface area contributed by atoms with Gasteiger partial charge in [-0.1, -0.05) is 12.5 Å². The van der Waals surface area contributed by atoms with Gasteiger partial charge in [-0.25, -0.2) is 4.79 Å². The van der Waals surface area contributed by atoms with E-state index in [1.807, 2.05) is 6.08 Å². The van der Waals surface area contributed by atoms with Gasteiger partial charge in [0.15, 0.2) is 0 Å². The zero-order valence-electron chi connectivity index (χ0n) is 19.4. The Labute approximate surface area is 181 Å². The van der Waals surface area contributed by atoms with E-state index in [-0.39, 0.29) is 23.4 Å². The second-order valence-corrected chi connectivity index (χ2v) is 11.0. The van der Waals surface area contributed by atoms with Crippen molar-refractivity contribution >= 4 is 11.9 Å². The summed E-state index contributed by atoms with van der Waals surface area (Å²) in [5.74, 6) is 1.70. The molecule has 4 nitrogen and oxygen atoms in total. The first kappa shape index (κ1) is 21.6. The molecule has 4 aliphatic rings. The van der Waals surface area contributed by atoms with E-state index in [9.17, 15) is 14.7 Å². The van der Waals surface area contributed by atoms with Crippen LogP contribution in [0.3, 0.4) is 0 Å². The van der Waals surface area contributed by atoms with Crippen molar-refractivity contribution in [2.75, 3.05) is 0 Å². The lowest BCUT2D eigenvalue weighted by molar-refractivity contribution is -0.145. The number of hydrogen-bond donors (Lipinski definition) is 1. The molecule has 0 unspecified atom stereocenters. The van der Waals surface area contributed by atoms with Crippen LogP contribution in [0.25, 0.3) is 0 Å². The fourth-order valence-corrected chi connectivity index (χ4v) is 7.77. The van der Waals surface area contributed by atoms with Crippen LogP contribution < -0.4 is 0 Å². The van der Waals surface area contributed by atoms with E-state index < -0.39 is 5.97 Å². The number of fused-ring (bicyclic) bond motifs is 4. The average Bonchev–Trinajstić information content (AvgIpc) is 3.03. The summed E-state index contributed by atoms with van der Waals surface area (Å²) in [6.07, 6.45) is 10.3. The fourth-order valence-electron chi connectivity index (χ4n) is 7.77. The van der Waals surface area contributed by atoms with Gasteiger partial charge in [0.25, 0.3) is 0 Å². The molecule has 0 heterocycles. The van der Waals surface area contributed by atoms with Crippen LogP contribution in [-0.4, -0.2) is 34.0 Å². The molecule has 0 radical (unpaired) electrons. The topological polar surface area (TPSA) is 57.6 Å². The first-order valence-electron chi connectivity index (χ1n) is 12.1. The van der Waals surface area contributed by atoms with Gasteiger partial charge < -0.3 is 10.0 Å². The zero-order chi connectivity index (χ0) is 21.8. The Balaban J connectivity index is 1.58. The van der Waals surface area contributed by atoms with Crippen LogP contribution in [0.4, 0.5) is 0 Å². The second-order valence-electron chi connectivity index (χ2n) is 11.0. The van der Waals surface area contributed by atoms with Crippen molar-refractivity contribution in [2.24, 2.45) is 29.1 Å². The Hall–Kier alpha value is -1.58. The van der Waals surface area contributed by atoms with Crippen LogP contribution in [0.15, 0.2) is 22.8 Å². The van der Waals surface area contributed by atoms with Gasteiger partial charge in [-0.3, -0.25) is 4.79 Å². The summed E-state index contributed by atoms with van der Waals surface area (Å²) >= 11 is 0. The number of carboxylic acid groups (broad SMARTS) is 1. The minimum Gasteiger partial charge on any atom is -0.478 e. The highest BCUT2D eigenvalue weighted by molar-refractivity contribution is 5.87. The molecular formula is C26H39NO3. The Morgan fingerprint density at radius 3 is 2.37 bits per heavy atom. The third-order valence-electron chi connectivity index (χ3n) is 9.00. The summed E-state index contributed by atoms with van der Waals surface area (Å²) in [6.45, 7) is 11.0. The Morgan fingerprint density at radius 2 is 1.73 bits per heavy atom. The summed E-state index contributed by atoms with van der Waals surface area (Å²) in [4.78, 5) is 27.2. The van der Waals surface area contributed by atoms with Crippen LogP contribution >= 0.6 is 0 Å². The average molecular weight is 414 g/mol. The lowest BCUT2D eigenvalue weighted by Gasteiger charge is -2.52. The maximum absolute atomic E-state index is 13.6. The summed E-state index contributed by atoms with van der Waals surface area (Å²) in [6, 6.07) is 0.493. The van der Waals surface area contributed by atoms with Crippen molar-refractivity contribution in [1.82, 2.24) is 4.90 Å². The standard InChI is InChI=1S/C26H39NO3/c1-15(2)27(16(3)4)24(28)23-11-10-22-21-9-6-17-14-18(25(29)30)7-8-19(17)20(21)12-13-26(22,23)5/h14-16,20-23H,6-13H2,1-5H3,(H,29,30)/t20-,21-,22+,23-,26+/m1/s1. The van der Waals surface area contributed by atoms with Crippen LogP contribution in [0.5, 0.6) is 0 Å². The third kappa shape index (κ3) is 3.35. The van der Waals surface area contributed by atoms with E-state index in [2.05, 4.69) is 39.5 Å². The largest absolute Gasteiger partial charge is 0.478 e. The molecule has 0 bridgehead atoms. The molecule has 0 saturated heterocycles. The number of carbonyl (C=O) groups is 2. The number of hydrogen-bond acceptors (Lipinski definition) is 2. The van der Waals surface area contributed by atoms with Gasteiger partial charge in [0, 0.05) is 23.6 Å². The number of carbonyl (C=O) groups excluding carboxylic acids is 1. The zero-order valence-corrected chi connectivity index (χ0v) is 19.4. The molecule has 0 aliphatic heterocycles. The summed E-state index contributed by atoms with van der Waals surface area (Å²) in [7, 11) is 0. The lowest BCUT2D eigenvalue weighted by Crippen LogP contribution is -2.51. The molecule has 2 saturated carbocycles. The van der Waals surface area contributed by atoms with E-state index in [0.717, 1.165) is 32.1 Å². The van der Waals surface area contributed by atoms with E-state index in [1.165, 1.54) is 18.4 Å². The molecular weight excluding hydrogens is 374 g/mol. The Bertz CT molecular complexity index is 784. The minimum absolute atomic E-state index is 0.120. The van der Waals surface area contributed by atoms with Gasteiger partial charge in [0.2, 0.25) is 5.91 Å². The highest BCUT2D eigenvalue weighted by Gasteiger charge is 2.57. The highest BCUT2D eigenvalue weighted by atomic mass is 16.4. The minimum atomic E-state index is -0.753. The Kier molecular flexibility index (Phi) is 5.65. The number of rotatable bonds is 4. The first-order chi connectivity index (χ1) is 14.1. The van der Waals surface area contributed by atoms with Crippen LogP contribution in [0.1, 0.15) is 86.0 Å². The second kappa shape index (κ2) is 7.84. The van der Waals surface area contributed by atoms with Gasteiger partial charge in [0.1, 0.15) is 0 Å².